The minimum Gasteiger partial charge on any atom is -0.351 e. The third-order valence-electron chi connectivity index (χ3n) is 2.56. The molecule has 18 heavy (non-hydrogen) atoms. The second kappa shape index (κ2) is 7.08. The maximum Gasteiger partial charge on any atom is 0.251 e. The number of hydrogen-bond donors (Lipinski definition) is 1. The van der Waals surface area contributed by atoms with Crippen LogP contribution >= 0.6 is 51.1 Å². The van der Waals surface area contributed by atoms with Gasteiger partial charge in [-0.1, -0.05) is 11.6 Å². The molecule has 1 aromatic carbocycles. The van der Waals surface area contributed by atoms with Gasteiger partial charge in [-0.3, -0.25) is 4.79 Å². The van der Waals surface area contributed by atoms with Crippen molar-refractivity contribution in [2.45, 2.75) is 5.25 Å². The van der Waals surface area contributed by atoms with Crippen molar-refractivity contribution in [2.24, 2.45) is 0 Å². The van der Waals surface area contributed by atoms with Crippen molar-refractivity contribution in [3.05, 3.63) is 33.3 Å². The van der Waals surface area contributed by atoms with Gasteiger partial charge in [0.1, 0.15) is 0 Å². The lowest BCUT2D eigenvalue weighted by atomic mass is 10.2. The Morgan fingerprint density at radius 3 is 3.00 bits per heavy atom. The van der Waals surface area contributed by atoms with Crippen LogP contribution in [0.4, 0.5) is 0 Å². The Bertz CT molecular complexity index is 438. The Morgan fingerprint density at radius 2 is 2.33 bits per heavy atom. The predicted octanol–water partition coefficient (Wildman–Crippen LogP) is 3.68. The second-order valence-electron chi connectivity index (χ2n) is 3.91. The molecule has 1 fully saturated rings. The maximum absolute atomic E-state index is 12.0. The standard InChI is InChI=1S/C12H13BrClNOS2/c13-10-5-8(1-2-11(10)14)12(16)15-6-9-7-17-3-4-18-9/h1-2,5,9H,3-4,6-7H2,(H,15,16). The van der Waals surface area contributed by atoms with E-state index in [2.05, 4.69) is 21.2 Å². The van der Waals surface area contributed by atoms with Crippen molar-refractivity contribution >= 4 is 57.0 Å². The number of benzene rings is 1. The average Bonchev–Trinajstić information content (AvgIpc) is 2.40. The summed E-state index contributed by atoms with van der Waals surface area (Å²) in [6.45, 7) is 0.733. The maximum atomic E-state index is 12.0. The molecule has 98 valence electrons. The Hall–Kier alpha value is 0.160. The molecule has 1 saturated heterocycles. The van der Waals surface area contributed by atoms with Gasteiger partial charge >= 0.3 is 0 Å². The van der Waals surface area contributed by atoms with Crippen LogP contribution in [0.1, 0.15) is 10.4 Å². The Balaban J connectivity index is 1.88. The summed E-state index contributed by atoms with van der Waals surface area (Å²) < 4.78 is 0.749. The lowest BCUT2D eigenvalue weighted by molar-refractivity contribution is 0.0954. The van der Waals surface area contributed by atoms with Gasteiger partial charge in [-0.05, 0) is 34.1 Å². The highest BCUT2D eigenvalue weighted by atomic mass is 79.9. The van der Waals surface area contributed by atoms with E-state index in [1.807, 2.05) is 23.5 Å². The van der Waals surface area contributed by atoms with E-state index in [1.165, 1.54) is 11.5 Å². The van der Waals surface area contributed by atoms with Crippen LogP contribution in [0.3, 0.4) is 0 Å². The third-order valence-corrected chi connectivity index (χ3v) is 6.62. The van der Waals surface area contributed by atoms with E-state index < -0.39 is 0 Å². The number of carbonyl (C=O) groups excluding carboxylic acids is 1. The Morgan fingerprint density at radius 1 is 1.50 bits per heavy atom. The summed E-state index contributed by atoms with van der Waals surface area (Å²) in [4.78, 5) is 12.0. The fraction of sp³-hybridized carbons (Fsp3) is 0.417. The van der Waals surface area contributed by atoms with Crippen LogP contribution in [0, 0.1) is 0 Å². The lowest BCUT2D eigenvalue weighted by Crippen LogP contribution is -2.33. The highest BCUT2D eigenvalue weighted by molar-refractivity contribution is 9.10. The van der Waals surface area contributed by atoms with Crippen LogP contribution in [0.25, 0.3) is 0 Å². The predicted molar refractivity (Wildman–Crippen MR) is 85.1 cm³/mol. The highest BCUT2D eigenvalue weighted by Crippen LogP contribution is 2.24. The Kier molecular flexibility index (Phi) is 5.73. The molecule has 2 rings (SSSR count). The number of hydrogen-bond acceptors (Lipinski definition) is 3. The van der Waals surface area contributed by atoms with Gasteiger partial charge in [0.2, 0.25) is 0 Å². The van der Waals surface area contributed by atoms with Crippen molar-refractivity contribution in [2.75, 3.05) is 23.8 Å². The van der Waals surface area contributed by atoms with Crippen LogP contribution in [-0.4, -0.2) is 35.0 Å². The largest absolute Gasteiger partial charge is 0.351 e. The van der Waals surface area contributed by atoms with Gasteiger partial charge in [0.25, 0.3) is 5.91 Å². The van der Waals surface area contributed by atoms with Gasteiger partial charge in [0, 0.05) is 39.1 Å². The van der Waals surface area contributed by atoms with Crippen LogP contribution in [0.2, 0.25) is 5.02 Å². The minimum atomic E-state index is -0.0384. The van der Waals surface area contributed by atoms with Gasteiger partial charge in [-0.25, -0.2) is 0 Å². The number of carbonyl (C=O) groups is 1. The zero-order valence-electron chi connectivity index (χ0n) is 9.62. The normalized spacial score (nSPS) is 19.6. The quantitative estimate of drug-likeness (QED) is 0.885. The first-order valence-electron chi connectivity index (χ1n) is 5.59. The zero-order chi connectivity index (χ0) is 13.0. The lowest BCUT2D eigenvalue weighted by Gasteiger charge is -2.21. The number of halogens is 2. The number of amides is 1. The topological polar surface area (TPSA) is 29.1 Å². The first kappa shape index (κ1) is 14.6. The van der Waals surface area contributed by atoms with Crippen molar-refractivity contribution in [1.82, 2.24) is 5.32 Å². The molecule has 1 unspecified atom stereocenters. The van der Waals surface area contributed by atoms with Crippen molar-refractivity contribution in [3.63, 3.8) is 0 Å². The molecule has 1 aliphatic rings. The van der Waals surface area contributed by atoms with Crippen LogP contribution in [0.15, 0.2) is 22.7 Å². The van der Waals surface area contributed by atoms with E-state index >= 15 is 0 Å². The van der Waals surface area contributed by atoms with Crippen LogP contribution < -0.4 is 5.32 Å². The summed E-state index contributed by atoms with van der Waals surface area (Å²) in [5.74, 6) is 3.48. The number of nitrogens with one attached hydrogen (secondary N) is 1. The monoisotopic (exact) mass is 365 g/mol. The van der Waals surface area contributed by atoms with E-state index in [-0.39, 0.29) is 5.91 Å². The smallest absolute Gasteiger partial charge is 0.251 e. The first-order chi connectivity index (χ1) is 8.66. The van der Waals surface area contributed by atoms with Gasteiger partial charge in [0.15, 0.2) is 0 Å². The molecule has 0 aromatic heterocycles. The van der Waals surface area contributed by atoms with Crippen LogP contribution in [0.5, 0.6) is 0 Å². The molecule has 1 amide bonds. The summed E-state index contributed by atoms with van der Waals surface area (Å²) in [5.41, 5.74) is 0.639. The number of rotatable bonds is 3. The third kappa shape index (κ3) is 4.08. The van der Waals surface area contributed by atoms with E-state index in [9.17, 15) is 4.79 Å². The SMILES string of the molecule is O=C(NCC1CSCCS1)c1ccc(Cl)c(Br)c1. The summed E-state index contributed by atoms with van der Waals surface area (Å²) in [7, 11) is 0. The molecule has 0 spiro atoms. The molecule has 2 nitrogen and oxygen atoms in total. The molecule has 0 saturated carbocycles. The van der Waals surface area contributed by atoms with Gasteiger partial charge < -0.3 is 5.32 Å². The highest BCUT2D eigenvalue weighted by Gasteiger charge is 2.15. The Labute approximate surface area is 129 Å². The van der Waals surface area contributed by atoms with Crippen molar-refractivity contribution in [3.8, 4) is 0 Å². The van der Waals surface area contributed by atoms with E-state index in [0.717, 1.165) is 16.8 Å². The van der Waals surface area contributed by atoms with Crippen molar-refractivity contribution < 1.29 is 4.79 Å². The second-order valence-corrected chi connectivity index (χ2v) is 7.73. The van der Waals surface area contributed by atoms with Gasteiger partial charge in [-0.2, -0.15) is 23.5 Å². The molecule has 0 aliphatic carbocycles. The molecule has 0 bridgehead atoms. The first-order valence-corrected chi connectivity index (χ1v) is 8.97. The van der Waals surface area contributed by atoms with Crippen LogP contribution in [-0.2, 0) is 0 Å². The molecule has 1 aromatic rings. The van der Waals surface area contributed by atoms with E-state index in [0.29, 0.717) is 15.8 Å². The molecular formula is C12H13BrClNOS2. The van der Waals surface area contributed by atoms with Gasteiger partial charge in [-0.15, -0.1) is 0 Å². The number of thioether (sulfide) groups is 2. The molecule has 1 N–H and O–H groups in total. The summed E-state index contributed by atoms with van der Waals surface area (Å²) in [6.07, 6.45) is 0. The molecule has 0 radical (unpaired) electrons. The molecule has 1 heterocycles. The molecule has 6 heteroatoms. The summed E-state index contributed by atoms with van der Waals surface area (Å²) >= 11 is 13.1. The minimum absolute atomic E-state index is 0.0384. The molecular weight excluding hydrogens is 354 g/mol. The van der Waals surface area contributed by atoms with Gasteiger partial charge in [0.05, 0.1) is 5.02 Å². The fourth-order valence-corrected chi connectivity index (χ4v) is 4.71. The summed E-state index contributed by atoms with van der Waals surface area (Å²) in [5, 5.41) is 4.13. The summed E-state index contributed by atoms with van der Waals surface area (Å²) in [6, 6.07) is 5.22. The van der Waals surface area contributed by atoms with E-state index in [1.54, 1.807) is 18.2 Å². The molecule has 1 aliphatic heterocycles. The molecule has 1 atom stereocenters. The zero-order valence-corrected chi connectivity index (χ0v) is 13.6. The fourth-order valence-electron chi connectivity index (χ4n) is 1.60. The van der Waals surface area contributed by atoms with E-state index in [4.69, 9.17) is 11.6 Å². The van der Waals surface area contributed by atoms with Crippen molar-refractivity contribution in [1.29, 1.82) is 0 Å². The average molecular weight is 367 g/mol.